The number of carboxylic acids is 1. The third-order valence-electron chi connectivity index (χ3n) is 7.78. The molecule has 5 heteroatoms. The van der Waals surface area contributed by atoms with Crippen molar-refractivity contribution in [3.8, 4) is 11.1 Å². The summed E-state index contributed by atoms with van der Waals surface area (Å²) in [4.78, 5) is 24.2. The van der Waals surface area contributed by atoms with Crippen LogP contribution in [0.15, 0.2) is 48.5 Å². The van der Waals surface area contributed by atoms with Gasteiger partial charge in [-0.05, 0) is 28.7 Å². The molecule has 1 atom stereocenters. The Balaban J connectivity index is 1.28. The van der Waals surface area contributed by atoms with Crippen LogP contribution in [0.4, 0.5) is 4.79 Å². The van der Waals surface area contributed by atoms with E-state index in [0.29, 0.717) is 6.42 Å². The minimum absolute atomic E-state index is 0.0396. The van der Waals surface area contributed by atoms with Gasteiger partial charge in [-0.2, -0.15) is 0 Å². The predicted octanol–water partition coefficient (Wildman–Crippen LogP) is 8.85. The van der Waals surface area contributed by atoms with E-state index >= 15 is 0 Å². The van der Waals surface area contributed by atoms with Crippen molar-refractivity contribution in [2.45, 2.75) is 115 Å². The average Bonchev–Trinajstić information content (AvgIpc) is 3.25. The van der Waals surface area contributed by atoms with Gasteiger partial charge < -0.3 is 15.2 Å². The monoisotopic (exact) mass is 521 g/mol. The molecule has 208 valence electrons. The van der Waals surface area contributed by atoms with E-state index in [1.54, 1.807) is 0 Å². The summed E-state index contributed by atoms with van der Waals surface area (Å²) in [6.45, 7) is 2.44. The molecule has 0 fully saturated rings. The lowest BCUT2D eigenvalue weighted by molar-refractivity contribution is -0.139. The molecule has 2 N–H and O–H groups in total. The number of hydrogen-bond donors (Lipinski definition) is 2. The van der Waals surface area contributed by atoms with Gasteiger partial charge in [0, 0.05) is 5.92 Å². The number of carbonyl (C=O) groups is 2. The third kappa shape index (κ3) is 9.49. The van der Waals surface area contributed by atoms with Crippen molar-refractivity contribution in [1.29, 1.82) is 0 Å². The fourth-order valence-electron chi connectivity index (χ4n) is 5.58. The van der Waals surface area contributed by atoms with Crippen LogP contribution in [0.5, 0.6) is 0 Å². The van der Waals surface area contributed by atoms with Gasteiger partial charge in [-0.15, -0.1) is 0 Å². The molecular weight excluding hydrogens is 474 g/mol. The van der Waals surface area contributed by atoms with E-state index in [1.807, 2.05) is 24.3 Å². The Hall–Kier alpha value is -2.82. The molecule has 0 aromatic heterocycles. The summed E-state index contributed by atoms with van der Waals surface area (Å²) in [6.07, 6.45) is 17.3. The first kappa shape index (κ1) is 29.7. The van der Waals surface area contributed by atoms with E-state index in [1.165, 1.54) is 81.8 Å². The van der Waals surface area contributed by atoms with E-state index in [9.17, 15) is 14.7 Å². The minimum Gasteiger partial charge on any atom is -0.480 e. The van der Waals surface area contributed by atoms with Gasteiger partial charge in [0.1, 0.15) is 12.6 Å². The van der Waals surface area contributed by atoms with Crippen LogP contribution >= 0.6 is 0 Å². The summed E-state index contributed by atoms with van der Waals surface area (Å²) in [5.74, 6) is -1.05. The van der Waals surface area contributed by atoms with Gasteiger partial charge in [-0.25, -0.2) is 9.59 Å². The second-order valence-corrected chi connectivity index (χ2v) is 10.7. The number of rotatable bonds is 19. The van der Waals surface area contributed by atoms with Crippen LogP contribution in [0.25, 0.3) is 11.1 Å². The number of unbranched alkanes of at least 4 members (excludes halogenated alkanes) is 13. The second kappa shape index (κ2) is 16.9. The maximum absolute atomic E-state index is 12.5. The Labute approximate surface area is 229 Å². The van der Waals surface area contributed by atoms with E-state index in [-0.39, 0.29) is 12.5 Å². The number of aliphatic carboxylic acids is 1. The number of ether oxygens (including phenoxy) is 1. The van der Waals surface area contributed by atoms with Crippen molar-refractivity contribution in [2.75, 3.05) is 6.61 Å². The lowest BCUT2D eigenvalue weighted by Crippen LogP contribution is -2.41. The molecule has 0 bridgehead atoms. The number of nitrogens with one attached hydrogen (secondary N) is 1. The van der Waals surface area contributed by atoms with Gasteiger partial charge in [0.15, 0.2) is 0 Å². The number of hydrogen-bond acceptors (Lipinski definition) is 3. The number of fused-ring (bicyclic) bond motifs is 3. The zero-order valence-corrected chi connectivity index (χ0v) is 23.3. The normalized spacial score (nSPS) is 13.1. The maximum Gasteiger partial charge on any atom is 0.407 e. The lowest BCUT2D eigenvalue weighted by Gasteiger charge is -2.17. The highest BCUT2D eigenvalue weighted by Gasteiger charge is 2.29. The fraction of sp³-hybridized carbons (Fsp3) is 0.576. The van der Waals surface area contributed by atoms with Crippen molar-refractivity contribution >= 4 is 12.1 Å². The molecule has 1 aliphatic carbocycles. The van der Waals surface area contributed by atoms with E-state index < -0.39 is 18.1 Å². The van der Waals surface area contributed by atoms with Crippen molar-refractivity contribution in [1.82, 2.24) is 5.32 Å². The molecule has 1 aliphatic rings. The molecular formula is C33H47NO4. The summed E-state index contributed by atoms with van der Waals surface area (Å²) in [7, 11) is 0. The van der Waals surface area contributed by atoms with Gasteiger partial charge in [0.2, 0.25) is 0 Å². The summed E-state index contributed by atoms with van der Waals surface area (Å²) in [6, 6.07) is 15.4. The van der Waals surface area contributed by atoms with Crippen LogP contribution in [-0.2, 0) is 9.53 Å². The average molecular weight is 522 g/mol. The molecule has 0 unspecified atom stereocenters. The molecule has 0 radical (unpaired) electrons. The molecule has 2 aromatic rings. The summed E-state index contributed by atoms with van der Waals surface area (Å²) in [5, 5.41) is 12.2. The molecule has 0 spiro atoms. The Kier molecular flexibility index (Phi) is 13.2. The van der Waals surface area contributed by atoms with Gasteiger partial charge in [0.05, 0.1) is 0 Å². The van der Waals surface area contributed by atoms with E-state index in [2.05, 4.69) is 36.5 Å². The number of amides is 1. The Bertz CT molecular complexity index is 943. The van der Waals surface area contributed by atoms with Gasteiger partial charge in [-0.1, -0.05) is 145 Å². The predicted molar refractivity (Wildman–Crippen MR) is 155 cm³/mol. The smallest absolute Gasteiger partial charge is 0.407 e. The Morgan fingerprint density at radius 1 is 0.737 bits per heavy atom. The van der Waals surface area contributed by atoms with Crippen LogP contribution < -0.4 is 5.32 Å². The zero-order chi connectivity index (χ0) is 27.0. The van der Waals surface area contributed by atoms with Crippen LogP contribution in [-0.4, -0.2) is 29.8 Å². The molecule has 0 saturated heterocycles. The number of benzene rings is 2. The lowest BCUT2D eigenvalue weighted by atomic mass is 9.98. The van der Waals surface area contributed by atoms with Crippen LogP contribution in [0.1, 0.15) is 120 Å². The molecule has 0 heterocycles. The first-order valence-corrected chi connectivity index (χ1v) is 15.0. The van der Waals surface area contributed by atoms with E-state index in [0.717, 1.165) is 30.4 Å². The highest BCUT2D eigenvalue weighted by Crippen LogP contribution is 2.44. The molecule has 3 rings (SSSR count). The van der Waals surface area contributed by atoms with Crippen molar-refractivity contribution in [2.24, 2.45) is 0 Å². The summed E-state index contributed by atoms with van der Waals surface area (Å²) >= 11 is 0. The molecule has 1 amide bonds. The number of carboxylic acid groups (broad SMARTS) is 1. The van der Waals surface area contributed by atoms with Crippen LogP contribution in [0, 0.1) is 0 Å². The SMILES string of the molecule is CCCCCCCCCCCCCCCC[C@H](NC(=O)OCC1c2ccccc2-c2ccccc21)C(=O)O. The molecule has 2 aromatic carbocycles. The fourth-order valence-corrected chi connectivity index (χ4v) is 5.58. The Morgan fingerprint density at radius 3 is 1.66 bits per heavy atom. The first-order chi connectivity index (χ1) is 18.6. The number of alkyl carbamates (subject to hydrolysis) is 1. The maximum atomic E-state index is 12.5. The third-order valence-corrected chi connectivity index (χ3v) is 7.78. The molecule has 0 aliphatic heterocycles. The van der Waals surface area contributed by atoms with Gasteiger partial charge in [-0.3, -0.25) is 0 Å². The highest BCUT2D eigenvalue weighted by atomic mass is 16.5. The van der Waals surface area contributed by atoms with Gasteiger partial charge >= 0.3 is 12.1 Å². The topological polar surface area (TPSA) is 75.6 Å². The molecule has 0 saturated carbocycles. The first-order valence-electron chi connectivity index (χ1n) is 15.0. The van der Waals surface area contributed by atoms with Gasteiger partial charge in [0.25, 0.3) is 0 Å². The van der Waals surface area contributed by atoms with E-state index in [4.69, 9.17) is 4.74 Å². The zero-order valence-electron chi connectivity index (χ0n) is 23.3. The molecule has 5 nitrogen and oxygen atoms in total. The van der Waals surface area contributed by atoms with Crippen LogP contribution in [0.2, 0.25) is 0 Å². The van der Waals surface area contributed by atoms with Crippen molar-refractivity contribution in [3.63, 3.8) is 0 Å². The number of carbonyl (C=O) groups excluding carboxylic acids is 1. The molecule has 38 heavy (non-hydrogen) atoms. The second-order valence-electron chi connectivity index (χ2n) is 10.7. The van der Waals surface area contributed by atoms with Crippen molar-refractivity contribution in [3.05, 3.63) is 59.7 Å². The standard InChI is InChI=1S/C33H47NO4/c1-2-3-4-5-6-7-8-9-10-11-12-13-14-15-24-31(32(35)36)34-33(37)38-25-30-28-22-18-16-20-26(28)27-21-17-19-23-29(27)30/h16-23,30-31H,2-15,24-25H2,1H3,(H,34,37)(H,35,36)/t31-/m0/s1. The minimum atomic E-state index is -1.01. The summed E-state index contributed by atoms with van der Waals surface area (Å²) in [5.41, 5.74) is 4.61. The highest BCUT2D eigenvalue weighted by molar-refractivity contribution is 5.81. The summed E-state index contributed by atoms with van der Waals surface area (Å²) < 4.78 is 5.53. The quantitative estimate of drug-likeness (QED) is 0.181. The van der Waals surface area contributed by atoms with Crippen LogP contribution in [0.3, 0.4) is 0 Å². The largest absolute Gasteiger partial charge is 0.480 e. The Morgan fingerprint density at radius 2 is 1.18 bits per heavy atom. The van der Waals surface area contributed by atoms with Crippen molar-refractivity contribution < 1.29 is 19.4 Å².